The van der Waals surface area contributed by atoms with Crippen molar-refractivity contribution in [2.24, 2.45) is 0 Å². The molecule has 3 heteroatoms. The number of anilines is 1. The lowest BCUT2D eigenvalue weighted by Gasteiger charge is -2.16. The summed E-state index contributed by atoms with van der Waals surface area (Å²) in [6.45, 7) is 3.76. The van der Waals surface area contributed by atoms with E-state index in [0.29, 0.717) is 5.75 Å². The molecule has 0 aliphatic rings. The molecule has 0 spiro atoms. The van der Waals surface area contributed by atoms with Gasteiger partial charge in [-0.3, -0.25) is 4.79 Å². The van der Waals surface area contributed by atoms with Crippen LogP contribution in [0.2, 0.25) is 0 Å². The minimum atomic E-state index is -0.573. The van der Waals surface area contributed by atoms with Crippen molar-refractivity contribution >= 4 is 22.4 Å². The van der Waals surface area contributed by atoms with Crippen LogP contribution < -0.4 is 10.1 Å². The van der Waals surface area contributed by atoms with Crippen molar-refractivity contribution in [3.63, 3.8) is 0 Å². The van der Waals surface area contributed by atoms with Crippen molar-refractivity contribution in [2.45, 2.75) is 20.0 Å². The zero-order chi connectivity index (χ0) is 16.2. The van der Waals surface area contributed by atoms with E-state index in [4.69, 9.17) is 4.74 Å². The molecule has 0 aliphatic heterocycles. The van der Waals surface area contributed by atoms with E-state index in [-0.39, 0.29) is 5.91 Å². The third kappa shape index (κ3) is 3.51. The maximum Gasteiger partial charge on any atom is 0.265 e. The van der Waals surface area contributed by atoms with Crippen LogP contribution in [0.5, 0.6) is 5.75 Å². The molecule has 116 valence electrons. The third-order valence-corrected chi connectivity index (χ3v) is 3.75. The van der Waals surface area contributed by atoms with Crippen molar-refractivity contribution in [1.82, 2.24) is 0 Å². The van der Waals surface area contributed by atoms with Crippen LogP contribution in [0, 0.1) is 6.92 Å². The highest BCUT2D eigenvalue weighted by Crippen LogP contribution is 2.23. The van der Waals surface area contributed by atoms with Gasteiger partial charge in [-0.15, -0.1) is 0 Å². The second kappa shape index (κ2) is 6.53. The molecule has 1 amide bonds. The summed E-state index contributed by atoms with van der Waals surface area (Å²) in [7, 11) is 0. The minimum absolute atomic E-state index is 0.165. The molecule has 0 saturated heterocycles. The predicted molar refractivity (Wildman–Crippen MR) is 93.8 cm³/mol. The van der Waals surface area contributed by atoms with Gasteiger partial charge in [0.1, 0.15) is 5.75 Å². The van der Waals surface area contributed by atoms with E-state index in [0.717, 1.165) is 22.0 Å². The van der Waals surface area contributed by atoms with Crippen molar-refractivity contribution < 1.29 is 9.53 Å². The lowest BCUT2D eigenvalue weighted by Crippen LogP contribution is -2.30. The molecular weight excluding hydrogens is 286 g/mol. The Kier molecular flexibility index (Phi) is 4.29. The molecule has 0 radical (unpaired) electrons. The number of aryl methyl sites for hydroxylation is 1. The van der Waals surface area contributed by atoms with Gasteiger partial charge in [-0.1, -0.05) is 54.1 Å². The second-order valence-electron chi connectivity index (χ2n) is 5.59. The average molecular weight is 305 g/mol. The molecule has 1 atom stereocenters. The first-order valence-electron chi connectivity index (χ1n) is 7.65. The van der Waals surface area contributed by atoms with Gasteiger partial charge in [0.2, 0.25) is 0 Å². The maximum absolute atomic E-state index is 12.4. The number of hydrogen-bond donors (Lipinski definition) is 1. The van der Waals surface area contributed by atoms with Crippen molar-refractivity contribution in [2.75, 3.05) is 5.32 Å². The molecule has 0 bridgehead atoms. The smallest absolute Gasteiger partial charge is 0.265 e. The second-order valence-corrected chi connectivity index (χ2v) is 5.59. The van der Waals surface area contributed by atoms with Gasteiger partial charge in [0.25, 0.3) is 5.91 Å². The summed E-state index contributed by atoms with van der Waals surface area (Å²) in [5.41, 5.74) is 1.96. The number of hydrogen-bond acceptors (Lipinski definition) is 2. The zero-order valence-corrected chi connectivity index (χ0v) is 13.2. The number of benzene rings is 3. The van der Waals surface area contributed by atoms with Gasteiger partial charge in [-0.25, -0.2) is 0 Å². The van der Waals surface area contributed by atoms with Gasteiger partial charge >= 0.3 is 0 Å². The topological polar surface area (TPSA) is 38.3 Å². The summed E-state index contributed by atoms with van der Waals surface area (Å²) in [6.07, 6.45) is -0.573. The van der Waals surface area contributed by atoms with Crippen LogP contribution in [-0.2, 0) is 4.79 Å². The number of carbonyl (C=O) groups excluding carboxylic acids is 1. The molecule has 3 nitrogen and oxygen atoms in total. The molecule has 23 heavy (non-hydrogen) atoms. The number of ether oxygens (including phenoxy) is 1. The summed E-state index contributed by atoms with van der Waals surface area (Å²) in [5.74, 6) is 0.526. The quantitative estimate of drug-likeness (QED) is 0.767. The number of carbonyl (C=O) groups is 1. The summed E-state index contributed by atoms with van der Waals surface area (Å²) >= 11 is 0. The van der Waals surface area contributed by atoms with E-state index in [2.05, 4.69) is 5.32 Å². The first kappa shape index (κ1) is 15.1. The minimum Gasteiger partial charge on any atom is -0.481 e. The summed E-state index contributed by atoms with van der Waals surface area (Å²) in [6, 6.07) is 21.5. The SMILES string of the molecule is Cc1ccc(OC(C)C(=O)Nc2cccc3ccccc23)cc1. The average Bonchev–Trinajstić information content (AvgIpc) is 2.57. The fourth-order valence-corrected chi connectivity index (χ4v) is 2.44. The van der Waals surface area contributed by atoms with Gasteiger partial charge in [-0.05, 0) is 37.4 Å². The predicted octanol–water partition coefficient (Wildman–Crippen LogP) is 4.55. The summed E-state index contributed by atoms with van der Waals surface area (Å²) < 4.78 is 5.70. The normalized spacial score (nSPS) is 11.9. The Bertz CT molecular complexity index is 819. The van der Waals surface area contributed by atoms with Crippen LogP contribution in [0.4, 0.5) is 5.69 Å². The van der Waals surface area contributed by atoms with Crippen LogP contribution in [0.25, 0.3) is 10.8 Å². The molecule has 1 unspecified atom stereocenters. The first-order chi connectivity index (χ1) is 11.1. The fourth-order valence-electron chi connectivity index (χ4n) is 2.44. The summed E-state index contributed by atoms with van der Waals surface area (Å²) in [4.78, 5) is 12.4. The Morgan fingerprint density at radius 3 is 2.43 bits per heavy atom. The van der Waals surface area contributed by atoms with Crippen molar-refractivity contribution in [1.29, 1.82) is 0 Å². The highest BCUT2D eigenvalue weighted by Gasteiger charge is 2.15. The highest BCUT2D eigenvalue weighted by atomic mass is 16.5. The van der Waals surface area contributed by atoms with Gasteiger partial charge in [-0.2, -0.15) is 0 Å². The molecule has 0 aliphatic carbocycles. The van der Waals surface area contributed by atoms with E-state index >= 15 is 0 Å². The maximum atomic E-state index is 12.4. The largest absolute Gasteiger partial charge is 0.481 e. The monoisotopic (exact) mass is 305 g/mol. The van der Waals surface area contributed by atoms with Gasteiger partial charge in [0.15, 0.2) is 6.10 Å². The number of rotatable bonds is 4. The van der Waals surface area contributed by atoms with E-state index in [1.165, 1.54) is 0 Å². The van der Waals surface area contributed by atoms with Crippen LogP contribution in [0.3, 0.4) is 0 Å². The van der Waals surface area contributed by atoms with Crippen LogP contribution in [0.1, 0.15) is 12.5 Å². The Morgan fingerprint density at radius 1 is 0.957 bits per heavy atom. The van der Waals surface area contributed by atoms with Crippen LogP contribution >= 0.6 is 0 Å². The Labute approximate surface area is 135 Å². The van der Waals surface area contributed by atoms with E-state index in [9.17, 15) is 4.79 Å². The van der Waals surface area contributed by atoms with Crippen LogP contribution in [-0.4, -0.2) is 12.0 Å². The molecule has 0 fully saturated rings. The molecule has 3 aromatic rings. The molecule has 0 saturated carbocycles. The lowest BCUT2D eigenvalue weighted by molar-refractivity contribution is -0.122. The molecule has 1 N–H and O–H groups in total. The van der Waals surface area contributed by atoms with Gasteiger partial charge in [0.05, 0.1) is 0 Å². The Balaban J connectivity index is 1.74. The van der Waals surface area contributed by atoms with E-state index in [1.54, 1.807) is 6.92 Å². The molecule has 0 aromatic heterocycles. The molecule has 3 aromatic carbocycles. The number of nitrogens with one attached hydrogen (secondary N) is 1. The Hall–Kier alpha value is -2.81. The van der Waals surface area contributed by atoms with Gasteiger partial charge < -0.3 is 10.1 Å². The van der Waals surface area contributed by atoms with E-state index < -0.39 is 6.10 Å². The highest BCUT2D eigenvalue weighted by molar-refractivity contribution is 6.03. The molecule has 3 rings (SSSR count). The first-order valence-corrected chi connectivity index (χ1v) is 7.65. The zero-order valence-electron chi connectivity index (χ0n) is 13.2. The van der Waals surface area contributed by atoms with Crippen molar-refractivity contribution in [3.8, 4) is 5.75 Å². The Morgan fingerprint density at radius 2 is 1.65 bits per heavy atom. The molecular formula is C20H19NO2. The molecule has 0 heterocycles. The number of fused-ring (bicyclic) bond motifs is 1. The van der Waals surface area contributed by atoms with E-state index in [1.807, 2.05) is 73.7 Å². The summed E-state index contributed by atoms with van der Waals surface area (Å²) in [5, 5.41) is 5.07. The standard InChI is InChI=1S/C20H19NO2/c1-14-10-12-17(13-11-14)23-15(2)20(22)21-19-9-5-7-16-6-3-4-8-18(16)19/h3-13,15H,1-2H3,(H,21,22). The van der Waals surface area contributed by atoms with Crippen LogP contribution in [0.15, 0.2) is 66.7 Å². The van der Waals surface area contributed by atoms with Crippen molar-refractivity contribution in [3.05, 3.63) is 72.3 Å². The lowest BCUT2D eigenvalue weighted by atomic mass is 10.1. The van der Waals surface area contributed by atoms with Gasteiger partial charge in [0, 0.05) is 11.1 Å². The fraction of sp³-hybridized carbons (Fsp3) is 0.150. The third-order valence-electron chi connectivity index (χ3n) is 3.75. The number of amides is 1.